The zero-order valence-electron chi connectivity index (χ0n) is 14.4. The van der Waals surface area contributed by atoms with Crippen LogP contribution in [0.4, 0.5) is 11.4 Å². The lowest BCUT2D eigenvalue weighted by Crippen LogP contribution is -2.15. The summed E-state index contributed by atoms with van der Waals surface area (Å²) in [6.07, 6.45) is 1.64. The van der Waals surface area contributed by atoms with Gasteiger partial charge in [0.1, 0.15) is 0 Å². The summed E-state index contributed by atoms with van der Waals surface area (Å²) in [4.78, 5) is 34.4. The Balaban J connectivity index is 1.95. The highest BCUT2D eigenvalue weighted by Crippen LogP contribution is 2.19. The van der Waals surface area contributed by atoms with Crippen LogP contribution in [0, 0.1) is 10.1 Å². The van der Waals surface area contributed by atoms with E-state index in [0.29, 0.717) is 23.4 Å². The van der Waals surface area contributed by atoms with Crippen molar-refractivity contribution in [3.63, 3.8) is 0 Å². The van der Waals surface area contributed by atoms with Crippen LogP contribution >= 0.6 is 0 Å². The zero-order valence-corrected chi connectivity index (χ0v) is 14.4. The predicted molar refractivity (Wildman–Crippen MR) is 97.1 cm³/mol. The number of nitrogens with one attached hydrogen (secondary N) is 1. The number of ether oxygens (including phenoxy) is 1. The number of para-hydroxylation sites is 1. The molecule has 1 amide bonds. The summed E-state index contributed by atoms with van der Waals surface area (Å²) >= 11 is 0. The molecule has 7 heteroatoms. The van der Waals surface area contributed by atoms with Crippen molar-refractivity contribution in [3.05, 3.63) is 69.8 Å². The maximum Gasteiger partial charge on any atom is 0.338 e. The third-order valence-electron chi connectivity index (χ3n) is 3.67. The third kappa shape index (κ3) is 5.41. The van der Waals surface area contributed by atoms with Gasteiger partial charge in [-0.25, -0.2) is 4.79 Å². The summed E-state index contributed by atoms with van der Waals surface area (Å²) in [6, 6.07) is 12.4. The maximum atomic E-state index is 12.1. The van der Waals surface area contributed by atoms with E-state index in [1.165, 1.54) is 6.07 Å². The van der Waals surface area contributed by atoms with E-state index in [4.69, 9.17) is 4.74 Å². The molecule has 0 aliphatic heterocycles. The molecule has 2 aromatic carbocycles. The highest BCUT2D eigenvalue weighted by molar-refractivity contribution is 5.94. The number of nitro benzene ring substituents is 1. The van der Waals surface area contributed by atoms with E-state index in [1.807, 2.05) is 6.92 Å². The predicted octanol–water partition coefficient (Wildman–Crippen LogP) is 3.73. The molecule has 0 unspecified atom stereocenters. The highest BCUT2D eigenvalue weighted by atomic mass is 16.6. The van der Waals surface area contributed by atoms with E-state index in [-0.39, 0.29) is 18.0 Å². The van der Waals surface area contributed by atoms with Crippen molar-refractivity contribution in [1.82, 2.24) is 0 Å². The summed E-state index contributed by atoms with van der Waals surface area (Å²) < 4.78 is 5.11. The monoisotopic (exact) mass is 356 g/mol. The highest BCUT2D eigenvalue weighted by Gasteiger charge is 2.15. The summed E-state index contributed by atoms with van der Waals surface area (Å²) in [5, 5.41) is 13.6. The van der Waals surface area contributed by atoms with Crippen molar-refractivity contribution in [3.8, 4) is 0 Å². The number of rotatable bonds is 8. The van der Waals surface area contributed by atoms with Gasteiger partial charge in [0.15, 0.2) is 0 Å². The number of anilines is 1. The number of nitro groups is 1. The number of carbonyl (C=O) groups excluding carboxylic acids is 2. The van der Waals surface area contributed by atoms with Crippen LogP contribution in [0.2, 0.25) is 0 Å². The average molecular weight is 356 g/mol. The number of esters is 1. The quantitative estimate of drug-likeness (QED) is 0.336. The van der Waals surface area contributed by atoms with Gasteiger partial charge in [0.2, 0.25) is 5.91 Å². The van der Waals surface area contributed by atoms with Gasteiger partial charge >= 0.3 is 5.97 Å². The molecule has 0 bridgehead atoms. The molecule has 0 heterocycles. The van der Waals surface area contributed by atoms with Crippen molar-refractivity contribution in [2.45, 2.75) is 26.2 Å². The number of unbranched alkanes of at least 4 members (excludes halogenated alkanes) is 1. The molecular formula is C19H20N2O5. The maximum absolute atomic E-state index is 12.1. The molecule has 0 radical (unpaired) electrons. The van der Waals surface area contributed by atoms with Gasteiger partial charge in [0.05, 0.1) is 23.5 Å². The van der Waals surface area contributed by atoms with Crippen molar-refractivity contribution in [2.24, 2.45) is 0 Å². The van der Waals surface area contributed by atoms with Gasteiger partial charge in [-0.3, -0.25) is 14.9 Å². The molecule has 0 aromatic heterocycles. The molecule has 0 spiro atoms. The minimum absolute atomic E-state index is 0.0900. The summed E-state index contributed by atoms with van der Waals surface area (Å²) in [6.45, 7) is 2.39. The zero-order chi connectivity index (χ0) is 18.9. The topological polar surface area (TPSA) is 98.5 Å². The lowest BCUT2D eigenvalue weighted by molar-refractivity contribution is -0.385. The first-order chi connectivity index (χ1) is 12.5. The van der Waals surface area contributed by atoms with Crippen LogP contribution in [-0.4, -0.2) is 23.4 Å². The fraction of sp³-hybridized carbons (Fsp3) is 0.263. The number of amides is 1. The number of benzene rings is 2. The van der Waals surface area contributed by atoms with E-state index in [0.717, 1.165) is 12.8 Å². The molecular weight excluding hydrogens is 336 g/mol. The number of carbonyl (C=O) groups is 2. The standard InChI is InChI=1S/C19H20N2O5/c1-2-3-12-26-19(23)14-8-10-16(11-9-14)20-18(22)13-15-6-4-5-7-17(15)21(24)25/h4-11H,2-3,12-13H2,1H3,(H,20,22). The Morgan fingerprint density at radius 2 is 1.81 bits per heavy atom. The Hall–Kier alpha value is -3.22. The molecule has 1 N–H and O–H groups in total. The van der Waals surface area contributed by atoms with Crippen molar-refractivity contribution in [2.75, 3.05) is 11.9 Å². The van der Waals surface area contributed by atoms with E-state index in [1.54, 1.807) is 42.5 Å². The third-order valence-corrected chi connectivity index (χ3v) is 3.67. The van der Waals surface area contributed by atoms with Gasteiger partial charge in [0, 0.05) is 17.3 Å². The Bertz CT molecular complexity index is 787. The SMILES string of the molecule is CCCCOC(=O)c1ccc(NC(=O)Cc2ccccc2[N+](=O)[O-])cc1. The number of hydrogen-bond donors (Lipinski definition) is 1. The lowest BCUT2D eigenvalue weighted by Gasteiger charge is -2.07. The van der Waals surface area contributed by atoms with Crippen LogP contribution in [0.15, 0.2) is 48.5 Å². The Morgan fingerprint density at radius 1 is 1.12 bits per heavy atom. The normalized spacial score (nSPS) is 10.2. The van der Waals surface area contributed by atoms with Gasteiger partial charge in [-0.1, -0.05) is 31.5 Å². The Labute approximate surface area is 151 Å². The molecule has 26 heavy (non-hydrogen) atoms. The first kappa shape index (κ1) is 19.1. The van der Waals surface area contributed by atoms with Crippen molar-refractivity contribution < 1.29 is 19.2 Å². The average Bonchev–Trinajstić information content (AvgIpc) is 2.62. The van der Waals surface area contributed by atoms with Crippen LogP contribution in [0.1, 0.15) is 35.7 Å². The minimum atomic E-state index is -0.512. The fourth-order valence-corrected chi connectivity index (χ4v) is 2.30. The summed E-state index contributed by atoms with van der Waals surface area (Å²) in [5.74, 6) is -0.784. The molecule has 0 atom stereocenters. The smallest absolute Gasteiger partial charge is 0.338 e. The molecule has 2 rings (SSSR count). The second kappa shape index (κ2) is 9.31. The Kier molecular flexibility index (Phi) is 6.84. The van der Waals surface area contributed by atoms with Gasteiger partial charge in [-0.15, -0.1) is 0 Å². The van der Waals surface area contributed by atoms with E-state index in [9.17, 15) is 19.7 Å². The van der Waals surface area contributed by atoms with Gasteiger partial charge in [-0.2, -0.15) is 0 Å². The molecule has 0 saturated carbocycles. The van der Waals surface area contributed by atoms with Crippen LogP contribution in [0.3, 0.4) is 0 Å². The van der Waals surface area contributed by atoms with Crippen molar-refractivity contribution >= 4 is 23.3 Å². The summed E-state index contributed by atoms with van der Waals surface area (Å²) in [5.41, 5.74) is 1.15. The second-order valence-corrected chi connectivity index (χ2v) is 5.68. The molecule has 0 fully saturated rings. The number of hydrogen-bond acceptors (Lipinski definition) is 5. The largest absolute Gasteiger partial charge is 0.462 e. The fourth-order valence-electron chi connectivity index (χ4n) is 2.30. The molecule has 7 nitrogen and oxygen atoms in total. The molecule has 0 saturated heterocycles. The van der Waals surface area contributed by atoms with E-state index >= 15 is 0 Å². The van der Waals surface area contributed by atoms with Gasteiger partial charge < -0.3 is 10.1 Å². The first-order valence-corrected chi connectivity index (χ1v) is 8.30. The molecule has 2 aromatic rings. The summed E-state index contributed by atoms with van der Waals surface area (Å²) in [7, 11) is 0. The van der Waals surface area contributed by atoms with Gasteiger partial charge in [-0.05, 0) is 30.7 Å². The number of nitrogens with zero attached hydrogens (tertiary/aromatic N) is 1. The van der Waals surface area contributed by atoms with E-state index < -0.39 is 10.9 Å². The van der Waals surface area contributed by atoms with Crippen molar-refractivity contribution in [1.29, 1.82) is 0 Å². The van der Waals surface area contributed by atoms with Crippen LogP contribution in [-0.2, 0) is 16.0 Å². The van der Waals surface area contributed by atoms with E-state index in [2.05, 4.69) is 5.32 Å². The Morgan fingerprint density at radius 3 is 2.46 bits per heavy atom. The first-order valence-electron chi connectivity index (χ1n) is 8.30. The minimum Gasteiger partial charge on any atom is -0.462 e. The molecule has 0 aliphatic carbocycles. The molecule has 136 valence electrons. The lowest BCUT2D eigenvalue weighted by atomic mass is 10.1. The van der Waals surface area contributed by atoms with Gasteiger partial charge in [0.25, 0.3) is 5.69 Å². The molecule has 0 aliphatic rings. The van der Waals surface area contributed by atoms with Crippen LogP contribution < -0.4 is 5.32 Å². The second-order valence-electron chi connectivity index (χ2n) is 5.68. The van der Waals surface area contributed by atoms with Crippen LogP contribution in [0.25, 0.3) is 0 Å². The van der Waals surface area contributed by atoms with Crippen LogP contribution in [0.5, 0.6) is 0 Å².